The first-order valence-electron chi connectivity index (χ1n) is 9.98. The number of hydrogen-bond donors (Lipinski definition) is 1. The highest BCUT2D eigenvalue weighted by atomic mass is 19.3. The predicted octanol–water partition coefficient (Wildman–Crippen LogP) is 3.32. The van der Waals surface area contributed by atoms with Gasteiger partial charge in [0, 0.05) is 13.0 Å². The van der Waals surface area contributed by atoms with Crippen LogP contribution in [0.4, 0.5) is 8.78 Å². The van der Waals surface area contributed by atoms with Crippen LogP contribution in [0, 0.1) is 17.8 Å². The van der Waals surface area contributed by atoms with Crippen LogP contribution in [-0.2, 0) is 20.7 Å². The van der Waals surface area contributed by atoms with Gasteiger partial charge in [0.05, 0.1) is 7.11 Å². The summed E-state index contributed by atoms with van der Waals surface area (Å²) in [4.78, 5) is 23.9. The van der Waals surface area contributed by atoms with Gasteiger partial charge in [-0.1, -0.05) is 12.5 Å². The van der Waals surface area contributed by atoms with Gasteiger partial charge in [-0.3, -0.25) is 9.59 Å². The average Bonchev–Trinajstić information content (AvgIpc) is 3.30. The summed E-state index contributed by atoms with van der Waals surface area (Å²) in [5, 5.41) is 2.68. The number of nitrogens with one attached hydrogen (secondary N) is 1. The van der Waals surface area contributed by atoms with E-state index in [0.717, 1.165) is 17.9 Å². The Hall–Kier alpha value is -2.38. The van der Waals surface area contributed by atoms with Crippen LogP contribution < -0.4 is 14.8 Å². The highest BCUT2D eigenvalue weighted by Gasteiger charge is 2.40. The van der Waals surface area contributed by atoms with Crippen LogP contribution in [-0.4, -0.2) is 38.7 Å². The molecule has 0 heterocycles. The molecule has 0 saturated heterocycles. The van der Waals surface area contributed by atoms with Crippen molar-refractivity contribution in [2.24, 2.45) is 17.8 Å². The van der Waals surface area contributed by atoms with Crippen LogP contribution >= 0.6 is 0 Å². The second kappa shape index (κ2) is 9.89. The lowest BCUT2D eigenvalue weighted by Crippen LogP contribution is -2.31. The lowest BCUT2D eigenvalue weighted by atomic mass is 9.86. The Balaban J connectivity index is 1.34. The molecule has 8 heteroatoms. The Morgan fingerprint density at radius 2 is 2.03 bits per heavy atom. The number of rotatable bonds is 10. The van der Waals surface area contributed by atoms with E-state index in [9.17, 15) is 18.4 Å². The normalized spacial score (nSPS) is 22.6. The summed E-state index contributed by atoms with van der Waals surface area (Å²) in [7, 11) is 1.37. The highest BCUT2D eigenvalue weighted by Crippen LogP contribution is 2.49. The fourth-order valence-electron chi connectivity index (χ4n) is 4.50. The number of carbonyl (C=O) groups is 2. The third-order valence-corrected chi connectivity index (χ3v) is 5.86. The second-order valence-corrected chi connectivity index (χ2v) is 7.76. The van der Waals surface area contributed by atoms with E-state index in [1.165, 1.54) is 32.4 Å². The monoisotopic (exact) mass is 411 g/mol. The third-order valence-electron chi connectivity index (χ3n) is 5.86. The lowest BCUT2D eigenvalue weighted by molar-refractivity contribution is -0.149. The maximum absolute atomic E-state index is 12.3. The molecule has 3 atom stereocenters. The van der Waals surface area contributed by atoms with Gasteiger partial charge in [-0.05, 0) is 61.1 Å². The van der Waals surface area contributed by atoms with Crippen LogP contribution in [0.2, 0.25) is 0 Å². The Bertz CT molecular complexity index is 727. The fraction of sp³-hybridized carbons (Fsp3) is 0.619. The minimum atomic E-state index is -2.93. The van der Waals surface area contributed by atoms with Gasteiger partial charge >= 0.3 is 12.6 Å². The zero-order valence-corrected chi connectivity index (χ0v) is 16.5. The Kier molecular flexibility index (Phi) is 7.28. The molecule has 1 amide bonds. The van der Waals surface area contributed by atoms with Crippen molar-refractivity contribution in [3.63, 3.8) is 0 Å². The zero-order valence-electron chi connectivity index (χ0n) is 16.5. The third kappa shape index (κ3) is 6.05. The van der Waals surface area contributed by atoms with Gasteiger partial charge in [-0.2, -0.15) is 8.78 Å². The SMILES string of the molecule is COc1cc(CCNC(=O)COC(=O)C[C@H]2C[C@H]3CC[C@@H]2C3)ccc1OC(F)F. The van der Waals surface area contributed by atoms with Crippen molar-refractivity contribution in [1.82, 2.24) is 5.32 Å². The molecule has 2 aliphatic carbocycles. The van der Waals surface area contributed by atoms with E-state index >= 15 is 0 Å². The molecule has 3 rings (SSSR count). The van der Waals surface area contributed by atoms with E-state index in [2.05, 4.69) is 10.1 Å². The Labute approximate surface area is 168 Å². The number of alkyl halides is 2. The molecule has 6 nitrogen and oxygen atoms in total. The highest BCUT2D eigenvalue weighted by molar-refractivity contribution is 5.80. The van der Waals surface area contributed by atoms with Crippen LogP contribution in [0.3, 0.4) is 0 Å². The van der Waals surface area contributed by atoms with Gasteiger partial charge < -0.3 is 19.5 Å². The standard InChI is InChI=1S/C21H27F2NO5/c1-27-18-10-13(3-5-17(18)29-21(22)23)6-7-24-19(25)12-28-20(26)11-16-9-14-2-4-15(16)8-14/h3,5,10,14-16,21H,2,4,6-9,11-12H2,1H3,(H,24,25)/t14-,15+,16+/m0/s1. The number of esters is 1. The van der Waals surface area contributed by atoms with E-state index in [4.69, 9.17) is 9.47 Å². The van der Waals surface area contributed by atoms with Crippen molar-refractivity contribution < 1.29 is 32.6 Å². The van der Waals surface area contributed by atoms with Crippen molar-refractivity contribution in [1.29, 1.82) is 0 Å². The topological polar surface area (TPSA) is 73.9 Å². The van der Waals surface area contributed by atoms with Crippen LogP contribution in [0.25, 0.3) is 0 Å². The first-order valence-corrected chi connectivity index (χ1v) is 9.98. The number of fused-ring (bicyclic) bond motifs is 2. The molecule has 2 bridgehead atoms. The molecule has 0 aliphatic heterocycles. The largest absolute Gasteiger partial charge is 0.493 e. The quantitative estimate of drug-likeness (QED) is 0.598. The molecule has 2 aliphatic rings. The molecule has 0 spiro atoms. The maximum Gasteiger partial charge on any atom is 0.387 e. The van der Waals surface area contributed by atoms with Crippen molar-refractivity contribution in [2.45, 2.75) is 45.1 Å². The summed E-state index contributed by atoms with van der Waals surface area (Å²) < 4.78 is 39.2. The molecule has 2 fully saturated rings. The average molecular weight is 411 g/mol. The Morgan fingerprint density at radius 1 is 1.21 bits per heavy atom. The molecule has 1 aromatic carbocycles. The molecular formula is C21H27F2NO5. The lowest BCUT2D eigenvalue weighted by Gasteiger charge is -2.20. The molecule has 1 N–H and O–H groups in total. The number of methoxy groups -OCH3 is 1. The summed E-state index contributed by atoms with van der Waals surface area (Å²) in [6, 6.07) is 4.61. The second-order valence-electron chi connectivity index (χ2n) is 7.76. The number of benzene rings is 1. The minimum Gasteiger partial charge on any atom is -0.493 e. The first-order chi connectivity index (χ1) is 13.9. The molecule has 0 aromatic heterocycles. The molecule has 2 saturated carbocycles. The van der Waals surface area contributed by atoms with E-state index in [0.29, 0.717) is 31.2 Å². The zero-order chi connectivity index (χ0) is 20.8. The van der Waals surface area contributed by atoms with E-state index in [-0.39, 0.29) is 30.0 Å². The van der Waals surface area contributed by atoms with E-state index in [1.54, 1.807) is 12.1 Å². The van der Waals surface area contributed by atoms with Crippen molar-refractivity contribution in [3.05, 3.63) is 23.8 Å². The number of hydrogen-bond acceptors (Lipinski definition) is 5. The van der Waals surface area contributed by atoms with Crippen molar-refractivity contribution in [3.8, 4) is 11.5 Å². The van der Waals surface area contributed by atoms with E-state index in [1.807, 2.05) is 0 Å². The van der Waals surface area contributed by atoms with Crippen LogP contribution in [0.1, 0.15) is 37.7 Å². The number of amides is 1. The minimum absolute atomic E-state index is 0.0438. The molecule has 0 radical (unpaired) electrons. The molecular weight excluding hydrogens is 384 g/mol. The molecule has 160 valence electrons. The van der Waals surface area contributed by atoms with Gasteiger partial charge in [-0.15, -0.1) is 0 Å². The molecule has 0 unspecified atom stereocenters. The van der Waals surface area contributed by atoms with Crippen LogP contribution in [0.5, 0.6) is 11.5 Å². The van der Waals surface area contributed by atoms with Gasteiger partial charge in [-0.25, -0.2) is 0 Å². The summed E-state index contributed by atoms with van der Waals surface area (Å²) >= 11 is 0. The number of halogens is 2. The summed E-state index contributed by atoms with van der Waals surface area (Å²) in [6.45, 7) is -2.90. The van der Waals surface area contributed by atoms with Gasteiger partial charge in [0.2, 0.25) is 0 Å². The predicted molar refractivity (Wildman–Crippen MR) is 101 cm³/mol. The van der Waals surface area contributed by atoms with Crippen molar-refractivity contribution >= 4 is 11.9 Å². The van der Waals surface area contributed by atoms with Gasteiger partial charge in [0.1, 0.15) is 0 Å². The van der Waals surface area contributed by atoms with Gasteiger partial charge in [0.25, 0.3) is 5.91 Å². The van der Waals surface area contributed by atoms with Crippen molar-refractivity contribution in [2.75, 3.05) is 20.3 Å². The summed E-state index contributed by atoms with van der Waals surface area (Å²) in [5.41, 5.74) is 0.789. The van der Waals surface area contributed by atoms with E-state index < -0.39 is 6.61 Å². The first kappa shape index (κ1) is 21.3. The fourth-order valence-corrected chi connectivity index (χ4v) is 4.50. The maximum atomic E-state index is 12.3. The summed E-state index contributed by atoms with van der Waals surface area (Å²) in [6.07, 6.45) is 5.71. The number of ether oxygens (including phenoxy) is 3. The molecule has 29 heavy (non-hydrogen) atoms. The smallest absolute Gasteiger partial charge is 0.387 e. The molecule has 1 aromatic rings. The Morgan fingerprint density at radius 3 is 2.69 bits per heavy atom. The van der Waals surface area contributed by atoms with Crippen LogP contribution in [0.15, 0.2) is 18.2 Å². The number of carbonyl (C=O) groups excluding carboxylic acids is 2. The van der Waals surface area contributed by atoms with Gasteiger partial charge in [0.15, 0.2) is 18.1 Å². The summed E-state index contributed by atoms with van der Waals surface area (Å²) in [5.74, 6) is 1.32.